The van der Waals surface area contributed by atoms with Gasteiger partial charge in [0.05, 0.1) is 6.10 Å². The van der Waals surface area contributed by atoms with Crippen LogP contribution in [0.4, 0.5) is 11.6 Å². The molecule has 0 spiro atoms. The molecule has 2 aromatic rings. The molecule has 0 saturated carbocycles. The number of aryl methyl sites for hydroxylation is 1. The van der Waals surface area contributed by atoms with Crippen LogP contribution in [-0.2, 0) is 4.74 Å². The molecule has 1 N–H and O–H groups in total. The molecule has 2 fully saturated rings. The Hall–Kier alpha value is -2.67. The average molecular weight is 396 g/mol. The summed E-state index contributed by atoms with van der Waals surface area (Å²) in [5.41, 5.74) is 4.36. The molecule has 2 aliphatic heterocycles. The number of rotatable bonds is 5. The van der Waals surface area contributed by atoms with Gasteiger partial charge in [-0.1, -0.05) is 12.1 Å². The summed E-state index contributed by atoms with van der Waals surface area (Å²) in [5.74, 6) is 0.452. The number of aromatic nitrogens is 2. The Balaban J connectivity index is 1.36. The number of ether oxygens (including phenoxy) is 1. The van der Waals surface area contributed by atoms with Crippen LogP contribution >= 0.6 is 0 Å². The zero-order chi connectivity index (χ0) is 20.2. The molecule has 3 heterocycles. The zero-order valence-corrected chi connectivity index (χ0v) is 17.2. The molecule has 7 heteroatoms. The lowest BCUT2D eigenvalue weighted by Gasteiger charge is -2.37. The quantitative estimate of drug-likeness (QED) is 0.838. The number of anilines is 2. The number of nitrogens with one attached hydrogen (secondary N) is 1. The van der Waals surface area contributed by atoms with Crippen molar-refractivity contribution in [3.63, 3.8) is 0 Å². The number of nitrogens with zero attached hydrogens (tertiary/aromatic N) is 4. The second-order valence-electron chi connectivity index (χ2n) is 7.78. The van der Waals surface area contributed by atoms with E-state index in [1.54, 1.807) is 12.3 Å². The fourth-order valence-electron chi connectivity index (χ4n) is 3.96. The number of carbonyl (C=O) groups is 1. The van der Waals surface area contributed by atoms with Gasteiger partial charge in [0.2, 0.25) is 5.95 Å². The van der Waals surface area contributed by atoms with Crippen LogP contribution in [-0.4, -0.2) is 61.3 Å². The molecule has 0 radical (unpaired) electrons. The van der Waals surface area contributed by atoms with E-state index >= 15 is 0 Å². The Kier molecular flexibility index (Phi) is 5.94. The van der Waals surface area contributed by atoms with Crippen LogP contribution in [0, 0.1) is 13.8 Å². The molecule has 0 aliphatic carbocycles. The summed E-state index contributed by atoms with van der Waals surface area (Å²) in [5, 5.41) is 2.93. The van der Waals surface area contributed by atoms with Crippen molar-refractivity contribution >= 4 is 17.5 Å². The maximum Gasteiger partial charge on any atom is 0.270 e. The lowest BCUT2D eigenvalue weighted by molar-refractivity contribution is 0.0853. The minimum absolute atomic E-state index is 0.124. The van der Waals surface area contributed by atoms with Gasteiger partial charge < -0.3 is 19.9 Å². The molecule has 1 aromatic heterocycles. The standard InChI is InChI=1S/C22H29N5O2/c1-16-5-3-7-20(17(16)2)26-10-12-27(13-11-26)22-23-9-8-19(25-22)21(28)24-15-18-6-4-14-29-18/h3,5,7-9,18H,4,6,10-15H2,1-2H3,(H,24,28). The van der Waals surface area contributed by atoms with Gasteiger partial charge in [0.1, 0.15) is 5.69 Å². The number of amides is 1. The van der Waals surface area contributed by atoms with Gasteiger partial charge in [-0.05, 0) is 49.9 Å². The number of hydrogen-bond donors (Lipinski definition) is 1. The first-order valence-corrected chi connectivity index (χ1v) is 10.4. The molecule has 154 valence electrons. The van der Waals surface area contributed by atoms with Crippen molar-refractivity contribution < 1.29 is 9.53 Å². The lowest BCUT2D eigenvalue weighted by atomic mass is 10.1. The Morgan fingerprint density at radius 2 is 1.97 bits per heavy atom. The molecular weight excluding hydrogens is 366 g/mol. The van der Waals surface area contributed by atoms with E-state index in [9.17, 15) is 4.79 Å². The second-order valence-corrected chi connectivity index (χ2v) is 7.78. The Morgan fingerprint density at radius 3 is 2.72 bits per heavy atom. The predicted octanol–water partition coefficient (Wildman–Crippen LogP) is 2.33. The average Bonchev–Trinajstić information content (AvgIpc) is 3.28. The second kappa shape index (κ2) is 8.78. The van der Waals surface area contributed by atoms with Gasteiger partial charge in [-0.15, -0.1) is 0 Å². The van der Waals surface area contributed by atoms with Crippen LogP contribution in [0.1, 0.15) is 34.5 Å². The zero-order valence-electron chi connectivity index (χ0n) is 17.2. The third kappa shape index (κ3) is 4.50. The van der Waals surface area contributed by atoms with Crippen LogP contribution in [0.2, 0.25) is 0 Å². The largest absolute Gasteiger partial charge is 0.376 e. The summed E-state index contributed by atoms with van der Waals surface area (Å²) in [4.78, 5) is 25.9. The molecular formula is C22H29N5O2. The molecule has 7 nitrogen and oxygen atoms in total. The fourth-order valence-corrected chi connectivity index (χ4v) is 3.96. The van der Waals surface area contributed by atoms with Crippen molar-refractivity contribution in [1.82, 2.24) is 15.3 Å². The van der Waals surface area contributed by atoms with Gasteiger partial charge in [-0.2, -0.15) is 0 Å². The van der Waals surface area contributed by atoms with E-state index in [1.165, 1.54) is 16.8 Å². The SMILES string of the molecule is Cc1cccc(N2CCN(c3nccc(C(=O)NCC4CCCO4)n3)CC2)c1C. The smallest absolute Gasteiger partial charge is 0.270 e. The number of benzene rings is 1. The van der Waals surface area contributed by atoms with Gasteiger partial charge in [-0.25, -0.2) is 9.97 Å². The van der Waals surface area contributed by atoms with E-state index in [0.717, 1.165) is 45.6 Å². The van der Waals surface area contributed by atoms with Gasteiger partial charge in [0.15, 0.2) is 0 Å². The van der Waals surface area contributed by atoms with E-state index in [-0.39, 0.29) is 12.0 Å². The molecule has 1 unspecified atom stereocenters. The van der Waals surface area contributed by atoms with Crippen molar-refractivity contribution in [3.8, 4) is 0 Å². The summed E-state index contributed by atoms with van der Waals surface area (Å²) in [6.45, 7) is 9.12. The van der Waals surface area contributed by atoms with Crippen molar-refractivity contribution in [3.05, 3.63) is 47.3 Å². The third-order valence-corrected chi connectivity index (χ3v) is 5.87. The Bertz CT molecular complexity index is 858. The van der Waals surface area contributed by atoms with Crippen molar-refractivity contribution in [2.75, 3.05) is 49.1 Å². The predicted molar refractivity (Wildman–Crippen MR) is 114 cm³/mol. The van der Waals surface area contributed by atoms with Crippen molar-refractivity contribution in [1.29, 1.82) is 0 Å². The summed E-state index contributed by atoms with van der Waals surface area (Å²) < 4.78 is 5.56. The third-order valence-electron chi connectivity index (χ3n) is 5.87. The first-order chi connectivity index (χ1) is 14.1. The highest BCUT2D eigenvalue weighted by atomic mass is 16.5. The van der Waals surface area contributed by atoms with E-state index in [0.29, 0.717) is 18.2 Å². The summed E-state index contributed by atoms with van der Waals surface area (Å²) in [6, 6.07) is 8.12. The minimum atomic E-state index is -0.168. The van der Waals surface area contributed by atoms with Crippen LogP contribution < -0.4 is 15.1 Å². The first-order valence-electron chi connectivity index (χ1n) is 10.4. The first kappa shape index (κ1) is 19.6. The number of piperazine rings is 1. The van der Waals surface area contributed by atoms with Gasteiger partial charge in [0, 0.05) is 51.2 Å². The summed E-state index contributed by atoms with van der Waals surface area (Å²) in [7, 11) is 0. The van der Waals surface area contributed by atoms with E-state index < -0.39 is 0 Å². The number of hydrogen-bond acceptors (Lipinski definition) is 6. The Morgan fingerprint density at radius 1 is 1.17 bits per heavy atom. The molecule has 1 atom stereocenters. The monoisotopic (exact) mass is 395 g/mol. The molecule has 1 aromatic carbocycles. The fraction of sp³-hybridized carbons (Fsp3) is 0.500. The molecule has 1 amide bonds. The van der Waals surface area contributed by atoms with Gasteiger partial charge in [-0.3, -0.25) is 4.79 Å². The lowest BCUT2D eigenvalue weighted by Crippen LogP contribution is -2.47. The minimum Gasteiger partial charge on any atom is -0.376 e. The molecule has 29 heavy (non-hydrogen) atoms. The van der Waals surface area contributed by atoms with Crippen molar-refractivity contribution in [2.24, 2.45) is 0 Å². The molecule has 4 rings (SSSR count). The van der Waals surface area contributed by atoms with Crippen LogP contribution in [0.25, 0.3) is 0 Å². The van der Waals surface area contributed by atoms with Gasteiger partial charge in [0.25, 0.3) is 5.91 Å². The highest BCUT2D eigenvalue weighted by molar-refractivity contribution is 5.92. The van der Waals surface area contributed by atoms with Crippen LogP contribution in [0.3, 0.4) is 0 Å². The number of carbonyl (C=O) groups excluding carboxylic acids is 1. The van der Waals surface area contributed by atoms with Crippen LogP contribution in [0.5, 0.6) is 0 Å². The van der Waals surface area contributed by atoms with E-state index in [4.69, 9.17) is 4.74 Å². The van der Waals surface area contributed by atoms with E-state index in [2.05, 4.69) is 57.1 Å². The maximum atomic E-state index is 12.5. The highest BCUT2D eigenvalue weighted by Gasteiger charge is 2.22. The highest BCUT2D eigenvalue weighted by Crippen LogP contribution is 2.24. The summed E-state index contributed by atoms with van der Waals surface area (Å²) in [6.07, 6.45) is 3.85. The normalized spacial score (nSPS) is 19.4. The molecule has 0 bridgehead atoms. The Labute approximate surface area is 172 Å². The molecule has 2 saturated heterocycles. The maximum absolute atomic E-state index is 12.5. The topological polar surface area (TPSA) is 70.6 Å². The van der Waals surface area contributed by atoms with E-state index in [1.807, 2.05) is 0 Å². The van der Waals surface area contributed by atoms with Crippen molar-refractivity contribution in [2.45, 2.75) is 32.8 Å². The summed E-state index contributed by atoms with van der Waals surface area (Å²) >= 11 is 0. The van der Waals surface area contributed by atoms with Crippen LogP contribution in [0.15, 0.2) is 30.5 Å². The van der Waals surface area contributed by atoms with Gasteiger partial charge >= 0.3 is 0 Å². The molecule has 2 aliphatic rings.